The molecule has 0 spiro atoms. The molecule has 6 nitrogen and oxygen atoms in total. The Hall–Kier alpha value is -3.38. The quantitative estimate of drug-likeness (QED) is 0.367. The molecule has 7 heteroatoms. The molecule has 3 aromatic rings. The Morgan fingerprint density at radius 1 is 1.09 bits per heavy atom. The minimum Gasteiger partial charge on any atom is -0.480 e. The Bertz CT molecular complexity index is 1220. The number of fused-ring (bicyclic) bond motifs is 1. The summed E-state index contributed by atoms with van der Waals surface area (Å²) in [6.45, 7) is 6.66. The van der Waals surface area contributed by atoms with Crippen LogP contribution in [0.5, 0.6) is 11.6 Å². The van der Waals surface area contributed by atoms with Crippen molar-refractivity contribution < 1.29 is 24.2 Å². The van der Waals surface area contributed by atoms with Crippen LogP contribution >= 0.6 is 11.6 Å². The van der Waals surface area contributed by atoms with Gasteiger partial charge in [-0.3, -0.25) is 4.79 Å². The molecule has 0 fully saturated rings. The van der Waals surface area contributed by atoms with E-state index < -0.39 is 11.6 Å². The molecule has 32 heavy (non-hydrogen) atoms. The summed E-state index contributed by atoms with van der Waals surface area (Å²) in [5, 5.41) is 10.6. The number of ketones is 1. The van der Waals surface area contributed by atoms with Crippen molar-refractivity contribution in [1.82, 2.24) is 4.98 Å². The molecule has 2 aromatic carbocycles. The second-order valence-electron chi connectivity index (χ2n) is 7.98. The minimum absolute atomic E-state index is 0.237. The zero-order chi connectivity index (χ0) is 23.6. The number of carbonyl (C=O) groups excluding carboxylic acids is 1. The average Bonchev–Trinajstić information content (AvgIpc) is 2.73. The van der Waals surface area contributed by atoms with Gasteiger partial charge in [-0.05, 0) is 86.9 Å². The number of aliphatic carboxylic acids is 1. The highest BCUT2D eigenvalue weighted by Crippen LogP contribution is 2.30. The van der Waals surface area contributed by atoms with Crippen LogP contribution in [0.1, 0.15) is 40.9 Å². The van der Waals surface area contributed by atoms with Crippen molar-refractivity contribution in [1.29, 1.82) is 0 Å². The Kier molecular flexibility index (Phi) is 6.55. The average molecular weight is 454 g/mol. The molecule has 166 valence electrons. The number of pyridine rings is 1. The highest BCUT2D eigenvalue weighted by atomic mass is 35.5. The van der Waals surface area contributed by atoms with Crippen LogP contribution in [0.2, 0.25) is 5.02 Å². The number of carboxylic acids is 1. The maximum atomic E-state index is 12.9. The van der Waals surface area contributed by atoms with Crippen LogP contribution in [0.3, 0.4) is 0 Å². The van der Waals surface area contributed by atoms with E-state index in [0.29, 0.717) is 21.9 Å². The SMILES string of the molecule is COc1nc2ccc(Cl)cc2cc1C(=O)/C=C/c1cc(C)c(OC(C)(C)C(=O)O)c(C)c1. The Labute approximate surface area is 191 Å². The van der Waals surface area contributed by atoms with Gasteiger partial charge in [0, 0.05) is 10.4 Å². The minimum atomic E-state index is -1.36. The fourth-order valence-corrected chi connectivity index (χ4v) is 3.44. The van der Waals surface area contributed by atoms with Gasteiger partial charge in [0.1, 0.15) is 5.75 Å². The standard InChI is InChI=1S/C25H24ClNO5/c1-14-10-16(11-15(2)22(14)32-25(3,4)24(29)30)6-9-21(28)19-13-17-12-18(26)7-8-20(17)27-23(19)31-5/h6-13H,1-5H3,(H,29,30)/b9-6+. The molecule has 1 aromatic heterocycles. The number of aromatic nitrogens is 1. The number of ether oxygens (including phenoxy) is 2. The molecule has 0 atom stereocenters. The second-order valence-corrected chi connectivity index (χ2v) is 8.42. The molecule has 0 bridgehead atoms. The van der Waals surface area contributed by atoms with Crippen molar-refractivity contribution in [2.24, 2.45) is 0 Å². The van der Waals surface area contributed by atoms with Gasteiger partial charge in [0.05, 0.1) is 18.2 Å². The number of halogens is 1. The Morgan fingerprint density at radius 3 is 2.34 bits per heavy atom. The number of rotatable bonds is 7. The number of aryl methyl sites for hydroxylation is 2. The first-order valence-corrected chi connectivity index (χ1v) is 10.3. The molecule has 1 heterocycles. The van der Waals surface area contributed by atoms with Gasteiger partial charge in [-0.15, -0.1) is 0 Å². The highest BCUT2D eigenvalue weighted by Gasteiger charge is 2.30. The normalized spacial score (nSPS) is 11.7. The predicted molar refractivity (Wildman–Crippen MR) is 125 cm³/mol. The number of hydrogen-bond donors (Lipinski definition) is 1. The molecule has 0 aliphatic rings. The van der Waals surface area contributed by atoms with E-state index in [0.717, 1.165) is 22.1 Å². The lowest BCUT2D eigenvalue weighted by Crippen LogP contribution is -2.38. The third-order valence-electron chi connectivity index (χ3n) is 4.98. The highest BCUT2D eigenvalue weighted by molar-refractivity contribution is 6.31. The molecule has 0 radical (unpaired) electrons. The van der Waals surface area contributed by atoms with Gasteiger partial charge >= 0.3 is 5.97 Å². The van der Waals surface area contributed by atoms with Crippen LogP contribution in [0.15, 0.2) is 42.5 Å². The lowest BCUT2D eigenvalue weighted by atomic mass is 10.0. The fraction of sp³-hybridized carbons (Fsp3) is 0.240. The summed E-state index contributed by atoms with van der Waals surface area (Å²) in [6, 6.07) is 10.6. The van der Waals surface area contributed by atoms with Crippen LogP contribution in [-0.2, 0) is 4.79 Å². The monoisotopic (exact) mass is 453 g/mol. The van der Waals surface area contributed by atoms with Gasteiger partial charge in [-0.1, -0.05) is 17.7 Å². The maximum Gasteiger partial charge on any atom is 0.347 e. The topological polar surface area (TPSA) is 85.7 Å². The van der Waals surface area contributed by atoms with E-state index in [1.165, 1.54) is 27.0 Å². The first-order valence-electron chi connectivity index (χ1n) is 9.92. The third kappa shape index (κ3) is 4.92. The summed E-state index contributed by atoms with van der Waals surface area (Å²) in [5.74, 6) is -0.566. The number of carboxylic acid groups (broad SMARTS) is 1. The summed E-state index contributed by atoms with van der Waals surface area (Å²) in [5.41, 5.74) is 1.97. The van der Waals surface area contributed by atoms with Crippen LogP contribution < -0.4 is 9.47 Å². The van der Waals surface area contributed by atoms with Gasteiger partial charge in [0.15, 0.2) is 11.4 Å². The molecule has 0 saturated carbocycles. The molecule has 0 amide bonds. The second kappa shape index (κ2) is 9.01. The lowest BCUT2D eigenvalue weighted by molar-refractivity contribution is -0.152. The summed E-state index contributed by atoms with van der Waals surface area (Å²) in [6.07, 6.45) is 3.14. The number of allylic oxidation sites excluding steroid dienone is 1. The van der Waals surface area contributed by atoms with Crippen LogP contribution in [-0.4, -0.2) is 34.6 Å². The van der Waals surface area contributed by atoms with Gasteiger partial charge in [-0.2, -0.15) is 0 Å². The molecular formula is C25H24ClNO5. The van der Waals surface area contributed by atoms with Crippen molar-refractivity contribution in [2.45, 2.75) is 33.3 Å². The van der Waals surface area contributed by atoms with Crippen molar-refractivity contribution in [2.75, 3.05) is 7.11 Å². The first-order chi connectivity index (χ1) is 15.0. The van der Waals surface area contributed by atoms with Crippen LogP contribution in [0, 0.1) is 13.8 Å². The molecule has 0 saturated heterocycles. The van der Waals surface area contributed by atoms with E-state index >= 15 is 0 Å². The Balaban J connectivity index is 1.91. The molecule has 0 aliphatic heterocycles. The summed E-state index contributed by atoms with van der Waals surface area (Å²) >= 11 is 6.06. The number of methoxy groups -OCH3 is 1. The van der Waals surface area contributed by atoms with E-state index in [1.54, 1.807) is 30.3 Å². The van der Waals surface area contributed by atoms with E-state index in [-0.39, 0.29) is 11.7 Å². The Morgan fingerprint density at radius 2 is 1.75 bits per heavy atom. The third-order valence-corrected chi connectivity index (χ3v) is 5.22. The van der Waals surface area contributed by atoms with Crippen molar-refractivity contribution in [3.05, 3.63) is 69.8 Å². The number of carbonyl (C=O) groups is 2. The molecular weight excluding hydrogens is 430 g/mol. The van der Waals surface area contributed by atoms with E-state index in [4.69, 9.17) is 21.1 Å². The maximum absolute atomic E-state index is 12.9. The summed E-state index contributed by atoms with van der Waals surface area (Å²) < 4.78 is 11.0. The first kappa shape index (κ1) is 23.3. The van der Waals surface area contributed by atoms with Crippen LogP contribution in [0.4, 0.5) is 0 Å². The van der Waals surface area contributed by atoms with E-state index in [1.807, 2.05) is 26.0 Å². The molecule has 0 aliphatic carbocycles. The van der Waals surface area contributed by atoms with Crippen molar-refractivity contribution in [3.8, 4) is 11.6 Å². The van der Waals surface area contributed by atoms with Gasteiger partial charge in [-0.25, -0.2) is 9.78 Å². The van der Waals surface area contributed by atoms with Crippen molar-refractivity contribution in [3.63, 3.8) is 0 Å². The van der Waals surface area contributed by atoms with Crippen LogP contribution in [0.25, 0.3) is 17.0 Å². The smallest absolute Gasteiger partial charge is 0.347 e. The predicted octanol–water partition coefficient (Wildman–Crippen LogP) is 5.65. The fourth-order valence-electron chi connectivity index (χ4n) is 3.26. The van der Waals surface area contributed by atoms with E-state index in [9.17, 15) is 14.7 Å². The molecule has 0 unspecified atom stereocenters. The zero-order valence-electron chi connectivity index (χ0n) is 18.5. The van der Waals surface area contributed by atoms with Gasteiger partial charge < -0.3 is 14.6 Å². The molecule has 1 N–H and O–H groups in total. The zero-order valence-corrected chi connectivity index (χ0v) is 19.3. The van der Waals surface area contributed by atoms with Crippen molar-refractivity contribution >= 4 is 40.3 Å². The molecule has 3 rings (SSSR count). The summed E-state index contributed by atoms with van der Waals surface area (Å²) in [7, 11) is 1.47. The lowest BCUT2D eigenvalue weighted by Gasteiger charge is -2.24. The van der Waals surface area contributed by atoms with Gasteiger partial charge in [0.25, 0.3) is 0 Å². The number of hydrogen-bond acceptors (Lipinski definition) is 5. The number of nitrogens with zero attached hydrogens (tertiary/aromatic N) is 1. The number of benzene rings is 2. The van der Waals surface area contributed by atoms with E-state index in [2.05, 4.69) is 4.98 Å². The largest absolute Gasteiger partial charge is 0.480 e. The summed E-state index contributed by atoms with van der Waals surface area (Å²) in [4.78, 5) is 28.7. The van der Waals surface area contributed by atoms with Gasteiger partial charge in [0.2, 0.25) is 5.88 Å².